The van der Waals surface area contributed by atoms with E-state index >= 15 is 0 Å². The van der Waals surface area contributed by atoms with Crippen LogP contribution in [0.3, 0.4) is 0 Å². The van der Waals surface area contributed by atoms with Crippen molar-refractivity contribution in [3.05, 3.63) is 41.7 Å². The third-order valence-corrected chi connectivity index (χ3v) is 1.87. The lowest BCUT2D eigenvalue weighted by atomic mass is 10.2. The smallest absolute Gasteiger partial charge is 0.345 e. The van der Waals surface area contributed by atoms with E-state index in [0.29, 0.717) is 0 Å². The number of imidazole rings is 1. The van der Waals surface area contributed by atoms with Crippen LogP contribution >= 0.6 is 11.6 Å². The van der Waals surface area contributed by atoms with E-state index in [1.54, 1.807) is 12.4 Å². The van der Waals surface area contributed by atoms with Gasteiger partial charge in [-0.1, -0.05) is 19.4 Å². The molecule has 0 atom stereocenters. The van der Waals surface area contributed by atoms with Gasteiger partial charge in [0.15, 0.2) is 0 Å². The number of hydrogen-bond donors (Lipinski definition) is 1. The largest absolute Gasteiger partial charge is 0.385 e. The second-order valence-electron chi connectivity index (χ2n) is 2.63. The number of hydrogen-bond acceptors (Lipinski definition) is 2. The molecule has 0 fully saturated rings. The molecule has 0 radical (unpaired) electrons. The second-order valence-corrected chi connectivity index (χ2v) is 3.43. The van der Waals surface area contributed by atoms with Crippen LogP contribution in [0.2, 0.25) is 5.02 Å². The van der Waals surface area contributed by atoms with Crippen LogP contribution in [0.4, 0.5) is 7.77 Å². The topological polar surface area (TPSA) is 45.8 Å². The SMILES string of the molecule is Clc1ccc(-c2ncc[nH]2)cc1.O=S(F)F. The molecule has 16 heavy (non-hydrogen) atoms. The summed E-state index contributed by atoms with van der Waals surface area (Å²) in [5, 5.41) is 0.741. The molecule has 1 N–H and O–H groups in total. The van der Waals surface area contributed by atoms with Crippen molar-refractivity contribution >= 4 is 23.2 Å². The Bertz CT molecular complexity index is 443. The highest BCUT2D eigenvalue weighted by molar-refractivity contribution is 7.74. The van der Waals surface area contributed by atoms with Crippen molar-refractivity contribution in [1.82, 2.24) is 9.97 Å². The highest BCUT2D eigenvalue weighted by Crippen LogP contribution is 2.17. The van der Waals surface area contributed by atoms with Crippen molar-refractivity contribution in [2.45, 2.75) is 0 Å². The molecule has 0 aliphatic rings. The van der Waals surface area contributed by atoms with Crippen LogP contribution in [0.15, 0.2) is 36.7 Å². The van der Waals surface area contributed by atoms with E-state index in [0.717, 1.165) is 16.4 Å². The molecule has 1 aromatic heterocycles. The van der Waals surface area contributed by atoms with Crippen LogP contribution in [-0.4, -0.2) is 14.2 Å². The Morgan fingerprint density at radius 2 is 1.81 bits per heavy atom. The predicted octanol–water partition coefficient (Wildman–Crippen LogP) is 3.23. The second kappa shape index (κ2) is 6.34. The Hall–Kier alpha value is -1.27. The van der Waals surface area contributed by atoms with Gasteiger partial charge in [0.2, 0.25) is 0 Å². The number of rotatable bonds is 1. The lowest BCUT2D eigenvalue weighted by Crippen LogP contribution is -1.78. The first-order chi connectivity index (χ1) is 7.59. The van der Waals surface area contributed by atoms with E-state index in [1.807, 2.05) is 24.3 Å². The molecule has 86 valence electrons. The van der Waals surface area contributed by atoms with Gasteiger partial charge in [0.1, 0.15) is 5.82 Å². The lowest BCUT2D eigenvalue weighted by Gasteiger charge is -1.95. The average Bonchev–Trinajstić information content (AvgIpc) is 2.71. The van der Waals surface area contributed by atoms with Gasteiger partial charge in [-0.15, -0.1) is 0 Å². The summed E-state index contributed by atoms with van der Waals surface area (Å²) in [6.07, 6.45) is 3.52. The maximum atomic E-state index is 9.81. The molecule has 0 saturated carbocycles. The number of nitrogens with zero attached hydrogens (tertiary/aromatic N) is 1. The molecule has 1 aromatic carbocycles. The lowest BCUT2D eigenvalue weighted by molar-refractivity contribution is 0.602. The number of nitrogens with one attached hydrogen (secondary N) is 1. The average molecular weight is 265 g/mol. The van der Waals surface area contributed by atoms with E-state index in [9.17, 15) is 7.77 Å². The summed E-state index contributed by atoms with van der Waals surface area (Å²) in [7, 11) is 0. The molecule has 0 bridgehead atoms. The molecule has 0 amide bonds. The summed E-state index contributed by atoms with van der Waals surface area (Å²) in [4.78, 5) is 7.14. The standard InChI is InChI=1S/C9H7ClN2.F2OS/c10-8-3-1-7(2-4-8)9-11-5-6-12-9;1-4(2)3/h1-6H,(H,11,12);. The Balaban J connectivity index is 0.000000280. The molecule has 0 aliphatic carbocycles. The van der Waals surface area contributed by atoms with Gasteiger partial charge >= 0.3 is 11.6 Å². The van der Waals surface area contributed by atoms with E-state index in [2.05, 4.69) is 9.97 Å². The number of aromatic amines is 1. The maximum Gasteiger partial charge on any atom is 0.385 e. The minimum Gasteiger partial charge on any atom is -0.345 e. The van der Waals surface area contributed by atoms with Crippen LogP contribution in [0.25, 0.3) is 11.4 Å². The quantitative estimate of drug-likeness (QED) is 0.804. The van der Waals surface area contributed by atoms with Gasteiger partial charge in [0, 0.05) is 23.0 Å². The highest BCUT2D eigenvalue weighted by atomic mass is 35.5. The summed E-state index contributed by atoms with van der Waals surface area (Å²) in [6, 6.07) is 7.56. The number of halogens is 3. The van der Waals surface area contributed by atoms with Crippen molar-refractivity contribution in [3.8, 4) is 11.4 Å². The molecule has 2 rings (SSSR count). The van der Waals surface area contributed by atoms with Crippen molar-refractivity contribution < 1.29 is 12.0 Å². The minimum atomic E-state index is -3.61. The number of benzene rings is 1. The monoisotopic (exact) mass is 264 g/mol. The fraction of sp³-hybridized carbons (Fsp3) is 0. The van der Waals surface area contributed by atoms with Crippen LogP contribution in [-0.2, 0) is 11.6 Å². The van der Waals surface area contributed by atoms with Crippen LogP contribution < -0.4 is 0 Å². The molecule has 0 unspecified atom stereocenters. The summed E-state index contributed by atoms with van der Waals surface area (Å²) in [5.74, 6) is 0.867. The normalized spacial score (nSPS) is 9.75. The van der Waals surface area contributed by atoms with Crippen molar-refractivity contribution in [1.29, 1.82) is 0 Å². The van der Waals surface area contributed by atoms with Crippen molar-refractivity contribution in [2.24, 2.45) is 0 Å². The third kappa shape index (κ3) is 4.50. The van der Waals surface area contributed by atoms with Gasteiger partial charge in [-0.05, 0) is 24.3 Å². The Kier molecular flexibility index (Phi) is 5.07. The molecular weight excluding hydrogens is 258 g/mol. The Morgan fingerprint density at radius 3 is 2.25 bits per heavy atom. The van der Waals surface area contributed by atoms with Crippen molar-refractivity contribution in [2.75, 3.05) is 0 Å². The van der Waals surface area contributed by atoms with E-state index in [4.69, 9.17) is 15.8 Å². The minimum absolute atomic E-state index is 0.741. The summed E-state index contributed by atoms with van der Waals surface area (Å²) in [5.41, 5.74) is 1.05. The van der Waals surface area contributed by atoms with E-state index in [-0.39, 0.29) is 0 Å². The summed E-state index contributed by atoms with van der Waals surface area (Å²) in [6.45, 7) is 0. The summed E-state index contributed by atoms with van der Waals surface area (Å²) >= 11 is 2.13. The predicted molar refractivity (Wildman–Crippen MR) is 59.4 cm³/mol. The highest BCUT2D eigenvalue weighted by Gasteiger charge is 1.97. The zero-order chi connectivity index (χ0) is 12.0. The zero-order valence-corrected chi connectivity index (χ0v) is 9.43. The summed E-state index contributed by atoms with van der Waals surface area (Å²) < 4.78 is 27.8. The molecular formula is C9H7ClF2N2OS. The van der Waals surface area contributed by atoms with Gasteiger partial charge in [-0.25, -0.2) is 4.98 Å². The fourth-order valence-corrected chi connectivity index (χ4v) is 1.16. The number of aromatic nitrogens is 2. The van der Waals surface area contributed by atoms with Gasteiger partial charge in [-0.3, -0.25) is 0 Å². The first-order valence-corrected chi connectivity index (χ1v) is 5.42. The molecule has 0 saturated heterocycles. The van der Waals surface area contributed by atoms with Gasteiger partial charge < -0.3 is 4.98 Å². The first kappa shape index (κ1) is 12.8. The molecule has 1 heterocycles. The molecule has 0 aliphatic heterocycles. The van der Waals surface area contributed by atoms with Crippen LogP contribution in [0.5, 0.6) is 0 Å². The van der Waals surface area contributed by atoms with E-state index < -0.39 is 11.6 Å². The zero-order valence-electron chi connectivity index (χ0n) is 7.86. The van der Waals surface area contributed by atoms with Gasteiger partial charge in [0.05, 0.1) is 0 Å². The Morgan fingerprint density at radius 1 is 1.25 bits per heavy atom. The third-order valence-electron chi connectivity index (χ3n) is 1.62. The molecule has 7 heteroatoms. The van der Waals surface area contributed by atoms with Gasteiger partial charge in [0.25, 0.3) is 0 Å². The molecule has 0 spiro atoms. The molecule has 2 aromatic rings. The Labute approximate surface area is 98.5 Å². The maximum absolute atomic E-state index is 9.81. The van der Waals surface area contributed by atoms with Crippen LogP contribution in [0.1, 0.15) is 0 Å². The van der Waals surface area contributed by atoms with E-state index in [1.165, 1.54) is 0 Å². The van der Waals surface area contributed by atoms with Crippen molar-refractivity contribution in [3.63, 3.8) is 0 Å². The van der Waals surface area contributed by atoms with Crippen LogP contribution in [0, 0.1) is 0 Å². The molecule has 3 nitrogen and oxygen atoms in total. The first-order valence-electron chi connectivity index (χ1n) is 4.09. The number of H-pyrrole nitrogens is 1. The fourth-order valence-electron chi connectivity index (χ4n) is 1.03. The van der Waals surface area contributed by atoms with Gasteiger partial charge in [-0.2, -0.15) is 4.21 Å².